The van der Waals surface area contributed by atoms with Crippen LogP contribution in [0.25, 0.3) is 0 Å². The third-order valence-electron chi connectivity index (χ3n) is 3.43. The van der Waals surface area contributed by atoms with Gasteiger partial charge in [0.1, 0.15) is 5.60 Å². The van der Waals surface area contributed by atoms with E-state index in [1.54, 1.807) is 29.2 Å². The molecule has 1 aliphatic rings. The summed E-state index contributed by atoms with van der Waals surface area (Å²) < 4.78 is 5.41. The zero-order chi connectivity index (χ0) is 15.6. The summed E-state index contributed by atoms with van der Waals surface area (Å²) in [6.07, 6.45) is 1.21. The predicted molar refractivity (Wildman–Crippen MR) is 78.3 cm³/mol. The quantitative estimate of drug-likeness (QED) is 0.906. The van der Waals surface area contributed by atoms with Gasteiger partial charge in [-0.1, -0.05) is 18.2 Å². The van der Waals surface area contributed by atoms with Gasteiger partial charge in [-0.05, 0) is 45.2 Å². The zero-order valence-corrected chi connectivity index (χ0v) is 12.6. The van der Waals surface area contributed by atoms with Crippen LogP contribution in [0.3, 0.4) is 0 Å². The van der Waals surface area contributed by atoms with Gasteiger partial charge < -0.3 is 14.7 Å². The Morgan fingerprint density at radius 3 is 2.57 bits per heavy atom. The van der Waals surface area contributed by atoms with Crippen LogP contribution in [0.2, 0.25) is 0 Å². The van der Waals surface area contributed by atoms with Crippen LogP contribution in [-0.4, -0.2) is 34.2 Å². The van der Waals surface area contributed by atoms with Gasteiger partial charge >= 0.3 is 12.1 Å². The molecule has 0 radical (unpaired) electrons. The van der Waals surface area contributed by atoms with Crippen molar-refractivity contribution in [3.63, 3.8) is 0 Å². The first-order chi connectivity index (χ1) is 9.79. The van der Waals surface area contributed by atoms with E-state index in [4.69, 9.17) is 4.74 Å². The highest BCUT2D eigenvalue weighted by Gasteiger charge is 2.34. The fourth-order valence-electron chi connectivity index (χ4n) is 2.61. The number of aromatic carboxylic acids is 1. The van der Waals surface area contributed by atoms with Crippen LogP contribution < -0.4 is 0 Å². The molecule has 1 amide bonds. The molecular weight excluding hydrogens is 270 g/mol. The van der Waals surface area contributed by atoms with E-state index in [0.717, 1.165) is 12.8 Å². The molecule has 1 N–H and O–H groups in total. The van der Waals surface area contributed by atoms with Crippen LogP contribution in [-0.2, 0) is 4.74 Å². The molecule has 5 nitrogen and oxygen atoms in total. The number of carboxylic acids is 1. The SMILES string of the molecule is CC(C)(C)OC(=O)N1CCC[C@@H]1c1ccccc1C(=O)O. The van der Waals surface area contributed by atoms with Gasteiger partial charge in [-0.3, -0.25) is 0 Å². The molecule has 2 rings (SSSR count). The minimum atomic E-state index is -0.971. The number of carbonyl (C=O) groups excluding carboxylic acids is 1. The van der Waals surface area contributed by atoms with Crippen LogP contribution in [0.4, 0.5) is 4.79 Å². The molecule has 0 unspecified atom stereocenters. The number of carbonyl (C=O) groups is 2. The Balaban J connectivity index is 2.27. The molecule has 21 heavy (non-hydrogen) atoms. The van der Waals surface area contributed by atoms with Crippen molar-refractivity contribution in [2.45, 2.75) is 45.3 Å². The highest BCUT2D eigenvalue weighted by Crippen LogP contribution is 2.34. The van der Waals surface area contributed by atoms with Crippen molar-refractivity contribution >= 4 is 12.1 Å². The van der Waals surface area contributed by atoms with Crippen LogP contribution in [0.1, 0.15) is 55.6 Å². The van der Waals surface area contributed by atoms with Crippen molar-refractivity contribution in [1.82, 2.24) is 4.90 Å². The first kappa shape index (κ1) is 15.4. The van der Waals surface area contributed by atoms with E-state index in [2.05, 4.69) is 0 Å². The zero-order valence-electron chi connectivity index (χ0n) is 12.6. The molecule has 1 aliphatic heterocycles. The van der Waals surface area contributed by atoms with E-state index >= 15 is 0 Å². The highest BCUT2D eigenvalue weighted by atomic mass is 16.6. The Labute approximate surface area is 124 Å². The van der Waals surface area contributed by atoms with Gasteiger partial charge in [0, 0.05) is 6.54 Å². The summed E-state index contributed by atoms with van der Waals surface area (Å²) >= 11 is 0. The number of hydrogen-bond acceptors (Lipinski definition) is 3. The summed E-state index contributed by atoms with van der Waals surface area (Å²) in [4.78, 5) is 25.3. The molecule has 1 atom stereocenters. The van der Waals surface area contributed by atoms with Crippen molar-refractivity contribution in [1.29, 1.82) is 0 Å². The molecule has 1 fully saturated rings. The van der Waals surface area contributed by atoms with Crippen LogP contribution in [0, 0.1) is 0 Å². The van der Waals surface area contributed by atoms with Gasteiger partial charge in [0.05, 0.1) is 11.6 Å². The van der Waals surface area contributed by atoms with E-state index < -0.39 is 11.6 Å². The highest BCUT2D eigenvalue weighted by molar-refractivity contribution is 5.89. The largest absolute Gasteiger partial charge is 0.478 e. The van der Waals surface area contributed by atoms with E-state index in [1.165, 1.54) is 0 Å². The van der Waals surface area contributed by atoms with E-state index in [0.29, 0.717) is 12.1 Å². The number of ether oxygens (including phenoxy) is 1. The summed E-state index contributed by atoms with van der Waals surface area (Å²) in [6, 6.07) is 6.61. The van der Waals surface area contributed by atoms with Crippen molar-refractivity contribution in [3.05, 3.63) is 35.4 Å². The maximum Gasteiger partial charge on any atom is 0.410 e. The lowest BCUT2D eigenvalue weighted by atomic mass is 9.98. The Hall–Kier alpha value is -2.04. The Morgan fingerprint density at radius 2 is 1.95 bits per heavy atom. The second kappa shape index (κ2) is 5.76. The van der Waals surface area contributed by atoms with E-state index in [9.17, 15) is 14.7 Å². The standard InChI is InChI=1S/C16H21NO4/c1-16(2,3)21-15(20)17-10-6-9-13(17)11-7-4-5-8-12(11)14(18)19/h4-5,7-8,13H,6,9-10H2,1-3H3,(H,18,19)/t13-/m1/s1. The molecule has 114 valence electrons. The molecule has 0 aromatic heterocycles. The van der Waals surface area contributed by atoms with E-state index in [1.807, 2.05) is 20.8 Å². The van der Waals surface area contributed by atoms with Crippen LogP contribution in [0.5, 0.6) is 0 Å². The number of likely N-dealkylation sites (tertiary alicyclic amines) is 1. The molecule has 1 heterocycles. The molecular formula is C16H21NO4. The molecule has 1 aromatic rings. The number of benzene rings is 1. The monoisotopic (exact) mass is 291 g/mol. The van der Waals surface area contributed by atoms with Gasteiger partial charge in [0.25, 0.3) is 0 Å². The van der Waals surface area contributed by atoms with Crippen LogP contribution >= 0.6 is 0 Å². The third kappa shape index (κ3) is 3.54. The van der Waals surface area contributed by atoms with Gasteiger partial charge in [0.15, 0.2) is 0 Å². The van der Waals surface area contributed by atoms with Crippen molar-refractivity contribution in [3.8, 4) is 0 Å². The molecule has 0 bridgehead atoms. The number of nitrogens with zero attached hydrogens (tertiary/aromatic N) is 1. The maximum atomic E-state index is 12.3. The topological polar surface area (TPSA) is 66.8 Å². The van der Waals surface area contributed by atoms with Gasteiger partial charge in [0.2, 0.25) is 0 Å². The van der Waals surface area contributed by atoms with Crippen molar-refractivity contribution < 1.29 is 19.4 Å². The summed E-state index contributed by atoms with van der Waals surface area (Å²) in [6.45, 7) is 6.05. The number of amides is 1. The molecule has 0 aliphatic carbocycles. The average Bonchev–Trinajstić information content (AvgIpc) is 2.85. The molecule has 0 spiro atoms. The first-order valence-corrected chi connectivity index (χ1v) is 7.11. The summed E-state index contributed by atoms with van der Waals surface area (Å²) in [5, 5.41) is 9.30. The third-order valence-corrected chi connectivity index (χ3v) is 3.43. The predicted octanol–water partition coefficient (Wildman–Crippen LogP) is 3.46. The lowest BCUT2D eigenvalue weighted by Crippen LogP contribution is -2.36. The normalized spacial score (nSPS) is 18.6. The van der Waals surface area contributed by atoms with Crippen LogP contribution in [0.15, 0.2) is 24.3 Å². The lowest BCUT2D eigenvalue weighted by Gasteiger charge is -2.29. The fraction of sp³-hybridized carbons (Fsp3) is 0.500. The molecule has 0 saturated carbocycles. The minimum absolute atomic E-state index is 0.229. The Morgan fingerprint density at radius 1 is 1.29 bits per heavy atom. The minimum Gasteiger partial charge on any atom is -0.478 e. The molecule has 1 saturated heterocycles. The average molecular weight is 291 g/mol. The smallest absolute Gasteiger partial charge is 0.410 e. The molecule has 5 heteroatoms. The first-order valence-electron chi connectivity index (χ1n) is 7.11. The number of carboxylic acid groups (broad SMARTS) is 1. The van der Waals surface area contributed by atoms with Gasteiger partial charge in [-0.15, -0.1) is 0 Å². The summed E-state index contributed by atoms with van der Waals surface area (Å²) in [5.74, 6) is -0.971. The lowest BCUT2D eigenvalue weighted by molar-refractivity contribution is 0.0222. The van der Waals surface area contributed by atoms with Crippen molar-refractivity contribution in [2.75, 3.05) is 6.54 Å². The second-order valence-electron chi connectivity index (χ2n) is 6.22. The van der Waals surface area contributed by atoms with Gasteiger partial charge in [-0.2, -0.15) is 0 Å². The molecule has 1 aromatic carbocycles. The van der Waals surface area contributed by atoms with E-state index in [-0.39, 0.29) is 17.7 Å². The number of rotatable bonds is 2. The Bertz CT molecular complexity index is 547. The number of hydrogen-bond donors (Lipinski definition) is 1. The maximum absolute atomic E-state index is 12.3. The van der Waals surface area contributed by atoms with Gasteiger partial charge in [-0.25, -0.2) is 9.59 Å². The Kier molecular flexibility index (Phi) is 4.21. The summed E-state index contributed by atoms with van der Waals surface area (Å²) in [5.41, 5.74) is 0.364. The fourth-order valence-corrected chi connectivity index (χ4v) is 2.61. The van der Waals surface area contributed by atoms with Crippen molar-refractivity contribution in [2.24, 2.45) is 0 Å². The summed E-state index contributed by atoms with van der Waals surface area (Å²) in [7, 11) is 0. The second-order valence-corrected chi connectivity index (χ2v) is 6.22.